The zero-order valence-electron chi connectivity index (χ0n) is 8.41. The molecule has 5 heteroatoms. The standard InChI is InChI=1S/C9H15N3.2ClH/c1-6(2)8-9-7(3-4-10-8)11-5-12-9;;/h5-6,8,10H,3-4H2,1-2H3,(H,11,12);2*1H. The van der Waals surface area contributed by atoms with Crippen molar-refractivity contribution in [1.82, 2.24) is 15.3 Å². The van der Waals surface area contributed by atoms with Crippen LogP contribution < -0.4 is 5.32 Å². The van der Waals surface area contributed by atoms with Crippen LogP contribution >= 0.6 is 24.8 Å². The Balaban J connectivity index is 0.000000845. The molecule has 1 atom stereocenters. The Morgan fingerprint density at radius 3 is 2.79 bits per heavy atom. The number of nitrogens with zero attached hydrogens (tertiary/aromatic N) is 1. The summed E-state index contributed by atoms with van der Waals surface area (Å²) in [6, 6.07) is 0.444. The van der Waals surface area contributed by atoms with Gasteiger partial charge in [-0.05, 0) is 5.92 Å². The molecular formula is C9H17Cl2N3. The molecule has 14 heavy (non-hydrogen) atoms. The molecule has 0 bridgehead atoms. The van der Waals surface area contributed by atoms with Crippen LogP contribution in [0, 0.1) is 5.92 Å². The Labute approximate surface area is 96.9 Å². The third kappa shape index (κ3) is 2.41. The highest BCUT2D eigenvalue weighted by Gasteiger charge is 2.24. The van der Waals surface area contributed by atoms with Gasteiger partial charge in [-0.1, -0.05) is 13.8 Å². The summed E-state index contributed by atoms with van der Waals surface area (Å²) in [6.07, 6.45) is 2.88. The lowest BCUT2D eigenvalue weighted by Crippen LogP contribution is -2.33. The molecule has 0 radical (unpaired) electrons. The van der Waals surface area contributed by atoms with E-state index < -0.39 is 0 Å². The van der Waals surface area contributed by atoms with Gasteiger partial charge in [0.05, 0.1) is 18.1 Å². The van der Waals surface area contributed by atoms with E-state index in [2.05, 4.69) is 29.1 Å². The first kappa shape index (κ1) is 13.8. The summed E-state index contributed by atoms with van der Waals surface area (Å²) < 4.78 is 0. The van der Waals surface area contributed by atoms with Crippen molar-refractivity contribution < 1.29 is 0 Å². The van der Waals surface area contributed by atoms with E-state index >= 15 is 0 Å². The molecule has 1 aliphatic rings. The molecule has 0 saturated carbocycles. The first-order chi connectivity index (χ1) is 5.79. The molecule has 0 spiro atoms. The van der Waals surface area contributed by atoms with E-state index in [9.17, 15) is 0 Å². The van der Waals surface area contributed by atoms with Crippen molar-refractivity contribution in [2.45, 2.75) is 26.3 Å². The Morgan fingerprint density at radius 2 is 2.14 bits per heavy atom. The first-order valence-corrected chi connectivity index (χ1v) is 4.54. The zero-order chi connectivity index (χ0) is 8.55. The van der Waals surface area contributed by atoms with Crippen LogP contribution in [0.15, 0.2) is 6.33 Å². The second-order valence-corrected chi connectivity index (χ2v) is 3.69. The van der Waals surface area contributed by atoms with Crippen molar-refractivity contribution in [3.8, 4) is 0 Å². The summed E-state index contributed by atoms with van der Waals surface area (Å²) >= 11 is 0. The van der Waals surface area contributed by atoms with Gasteiger partial charge in [-0.2, -0.15) is 0 Å². The highest BCUT2D eigenvalue weighted by molar-refractivity contribution is 5.85. The minimum Gasteiger partial charge on any atom is -0.348 e. The summed E-state index contributed by atoms with van der Waals surface area (Å²) in [6.45, 7) is 5.51. The van der Waals surface area contributed by atoms with Crippen molar-refractivity contribution in [3.63, 3.8) is 0 Å². The average Bonchev–Trinajstić information content (AvgIpc) is 2.49. The first-order valence-electron chi connectivity index (χ1n) is 4.54. The van der Waals surface area contributed by atoms with Gasteiger partial charge in [0.15, 0.2) is 0 Å². The number of rotatable bonds is 1. The number of aromatic nitrogens is 2. The summed E-state index contributed by atoms with van der Waals surface area (Å²) in [5.74, 6) is 0.618. The third-order valence-corrected chi connectivity index (χ3v) is 2.45. The van der Waals surface area contributed by atoms with Gasteiger partial charge >= 0.3 is 0 Å². The molecule has 1 unspecified atom stereocenters. The Bertz CT molecular complexity index is 273. The second kappa shape index (κ2) is 5.59. The lowest BCUT2D eigenvalue weighted by molar-refractivity contribution is 0.386. The van der Waals surface area contributed by atoms with Gasteiger partial charge in [0.1, 0.15) is 0 Å². The molecular weight excluding hydrogens is 221 g/mol. The fourth-order valence-electron chi connectivity index (χ4n) is 1.80. The maximum absolute atomic E-state index is 4.34. The second-order valence-electron chi connectivity index (χ2n) is 3.69. The van der Waals surface area contributed by atoms with Crippen LogP contribution in [-0.4, -0.2) is 16.5 Å². The summed E-state index contributed by atoms with van der Waals surface area (Å²) in [4.78, 5) is 7.53. The summed E-state index contributed by atoms with van der Waals surface area (Å²) in [7, 11) is 0. The molecule has 0 fully saturated rings. The maximum Gasteiger partial charge on any atom is 0.0925 e. The number of H-pyrrole nitrogens is 1. The van der Waals surface area contributed by atoms with Gasteiger partial charge in [0, 0.05) is 18.7 Å². The number of fused-ring (bicyclic) bond motifs is 1. The predicted molar refractivity (Wildman–Crippen MR) is 62.4 cm³/mol. The Morgan fingerprint density at radius 1 is 1.43 bits per heavy atom. The van der Waals surface area contributed by atoms with E-state index in [1.807, 2.05) is 0 Å². The molecule has 2 heterocycles. The minimum atomic E-state index is 0. The van der Waals surface area contributed by atoms with Crippen LogP contribution in [-0.2, 0) is 6.42 Å². The molecule has 1 aromatic heterocycles. The predicted octanol–water partition coefficient (Wildman–Crippen LogP) is 2.10. The van der Waals surface area contributed by atoms with Gasteiger partial charge in [0.25, 0.3) is 0 Å². The largest absolute Gasteiger partial charge is 0.348 e. The van der Waals surface area contributed by atoms with Crippen molar-refractivity contribution in [3.05, 3.63) is 17.7 Å². The SMILES string of the molecule is CC(C)C1NCCc2[nH]cnc21.Cl.Cl. The highest BCUT2D eigenvalue weighted by Crippen LogP contribution is 2.25. The molecule has 0 aromatic carbocycles. The third-order valence-electron chi connectivity index (χ3n) is 2.45. The number of nitrogens with one attached hydrogen (secondary N) is 2. The van der Waals surface area contributed by atoms with Gasteiger partial charge < -0.3 is 10.3 Å². The monoisotopic (exact) mass is 237 g/mol. The zero-order valence-corrected chi connectivity index (χ0v) is 10.0. The van der Waals surface area contributed by atoms with Crippen LogP contribution in [0.1, 0.15) is 31.3 Å². The molecule has 0 saturated heterocycles. The van der Waals surface area contributed by atoms with Gasteiger partial charge in [-0.3, -0.25) is 0 Å². The lowest BCUT2D eigenvalue weighted by Gasteiger charge is -2.25. The van der Waals surface area contributed by atoms with Gasteiger partial charge in [-0.15, -0.1) is 24.8 Å². The lowest BCUT2D eigenvalue weighted by atomic mass is 9.96. The van der Waals surface area contributed by atoms with Crippen molar-refractivity contribution in [2.24, 2.45) is 5.92 Å². The van der Waals surface area contributed by atoms with Crippen LogP contribution in [0.25, 0.3) is 0 Å². The molecule has 0 amide bonds. The van der Waals surface area contributed by atoms with Crippen molar-refractivity contribution in [2.75, 3.05) is 6.54 Å². The maximum atomic E-state index is 4.34. The average molecular weight is 238 g/mol. The normalized spacial score (nSPS) is 19.5. The Hall–Kier alpha value is -0.250. The smallest absolute Gasteiger partial charge is 0.0925 e. The van der Waals surface area contributed by atoms with E-state index in [0.717, 1.165) is 13.0 Å². The molecule has 1 aliphatic heterocycles. The minimum absolute atomic E-state index is 0. The molecule has 2 N–H and O–H groups in total. The van der Waals surface area contributed by atoms with Crippen LogP contribution in [0.5, 0.6) is 0 Å². The number of hydrogen-bond acceptors (Lipinski definition) is 2. The molecule has 0 aliphatic carbocycles. The van der Waals surface area contributed by atoms with Crippen LogP contribution in [0.3, 0.4) is 0 Å². The van der Waals surface area contributed by atoms with E-state index in [0.29, 0.717) is 12.0 Å². The van der Waals surface area contributed by atoms with Gasteiger partial charge in [0.2, 0.25) is 0 Å². The summed E-state index contributed by atoms with van der Waals surface area (Å²) in [5.41, 5.74) is 2.53. The molecule has 82 valence electrons. The fraction of sp³-hybridized carbons (Fsp3) is 0.667. The van der Waals surface area contributed by atoms with E-state index in [1.165, 1.54) is 11.4 Å². The quantitative estimate of drug-likeness (QED) is 0.786. The van der Waals surface area contributed by atoms with Crippen molar-refractivity contribution in [1.29, 1.82) is 0 Å². The molecule has 3 nitrogen and oxygen atoms in total. The highest BCUT2D eigenvalue weighted by atomic mass is 35.5. The van der Waals surface area contributed by atoms with Crippen LogP contribution in [0.2, 0.25) is 0 Å². The van der Waals surface area contributed by atoms with Gasteiger partial charge in [-0.25, -0.2) is 4.98 Å². The topological polar surface area (TPSA) is 40.7 Å². The molecule has 1 aromatic rings. The van der Waals surface area contributed by atoms with E-state index in [1.54, 1.807) is 6.33 Å². The van der Waals surface area contributed by atoms with Crippen LogP contribution in [0.4, 0.5) is 0 Å². The Kier molecular flexibility index (Phi) is 5.49. The van der Waals surface area contributed by atoms with Crippen molar-refractivity contribution >= 4 is 24.8 Å². The fourth-order valence-corrected chi connectivity index (χ4v) is 1.80. The van der Waals surface area contributed by atoms with E-state index in [-0.39, 0.29) is 24.8 Å². The molecule has 2 rings (SSSR count). The number of aromatic amines is 1. The number of halogens is 2. The number of imidazole rings is 1. The number of hydrogen-bond donors (Lipinski definition) is 2. The summed E-state index contributed by atoms with van der Waals surface area (Å²) in [5, 5.41) is 3.48. The van der Waals surface area contributed by atoms with E-state index in [4.69, 9.17) is 0 Å².